The van der Waals surface area contributed by atoms with Gasteiger partial charge in [-0.3, -0.25) is 19.3 Å². The third-order valence-corrected chi connectivity index (χ3v) is 5.77. The summed E-state index contributed by atoms with van der Waals surface area (Å²) >= 11 is 0. The minimum atomic E-state index is -0.278. The molecule has 1 fully saturated rings. The van der Waals surface area contributed by atoms with Gasteiger partial charge in [-0.2, -0.15) is 5.10 Å². The Labute approximate surface area is 182 Å². The summed E-state index contributed by atoms with van der Waals surface area (Å²) < 4.78 is 1.62. The summed E-state index contributed by atoms with van der Waals surface area (Å²) in [6.07, 6.45) is 5.95. The molecule has 1 aliphatic rings. The highest BCUT2D eigenvalue weighted by Gasteiger charge is 2.32. The average molecular weight is 418 g/mol. The van der Waals surface area contributed by atoms with E-state index < -0.39 is 0 Å². The first-order valence-electron chi connectivity index (χ1n) is 10.6. The molecular weight excluding hydrogens is 390 g/mol. The second-order valence-corrected chi connectivity index (χ2v) is 7.88. The van der Waals surface area contributed by atoms with Crippen LogP contribution in [0.4, 0.5) is 0 Å². The van der Waals surface area contributed by atoms with Gasteiger partial charge in [0.15, 0.2) is 0 Å². The Hall–Kier alpha value is -3.48. The normalized spacial score (nSPS) is 17.0. The van der Waals surface area contributed by atoms with Gasteiger partial charge in [0, 0.05) is 51.8 Å². The Balaban J connectivity index is 1.52. The molecule has 0 spiro atoms. The summed E-state index contributed by atoms with van der Waals surface area (Å²) in [6, 6.07) is 13.9. The molecule has 0 N–H and O–H groups in total. The van der Waals surface area contributed by atoms with Crippen molar-refractivity contribution < 1.29 is 9.59 Å². The first kappa shape index (κ1) is 20.8. The maximum absolute atomic E-state index is 13.1. The van der Waals surface area contributed by atoms with E-state index in [2.05, 4.69) is 34.3 Å². The lowest BCUT2D eigenvalue weighted by Crippen LogP contribution is -2.38. The molecule has 2 amide bonds. The Morgan fingerprint density at radius 1 is 1.10 bits per heavy atom. The van der Waals surface area contributed by atoms with Crippen molar-refractivity contribution in [1.82, 2.24) is 24.6 Å². The molecule has 0 saturated carbocycles. The molecule has 2 aromatic heterocycles. The largest absolute Gasteiger partial charge is 0.341 e. The summed E-state index contributed by atoms with van der Waals surface area (Å²) in [4.78, 5) is 33.9. The zero-order valence-electron chi connectivity index (χ0n) is 17.9. The second kappa shape index (κ2) is 9.12. The maximum Gasteiger partial charge on any atom is 0.274 e. The number of aryl methyl sites for hydroxylation is 1. The van der Waals surface area contributed by atoms with E-state index in [1.54, 1.807) is 35.1 Å². The quantitative estimate of drug-likeness (QED) is 0.640. The van der Waals surface area contributed by atoms with Crippen molar-refractivity contribution in [2.75, 3.05) is 26.2 Å². The van der Waals surface area contributed by atoms with Crippen molar-refractivity contribution in [1.29, 1.82) is 0 Å². The number of carbonyl (C=O) groups is 2. The Morgan fingerprint density at radius 3 is 2.55 bits per heavy atom. The van der Waals surface area contributed by atoms with Gasteiger partial charge in [-0.15, -0.1) is 0 Å². The fourth-order valence-electron chi connectivity index (χ4n) is 4.04. The van der Waals surface area contributed by atoms with E-state index in [4.69, 9.17) is 0 Å². The number of likely N-dealkylation sites (N-methyl/N-ethyl adjacent to an activating group) is 1. The standard InChI is InChI=1S/C24H27N5O2/c1-3-28-13-14-29(24(31)22-10-12-27(2)26-22)17-21(23(28)30)15-18-6-8-19(9-7-18)20-5-4-11-25-16-20/h4-12,16,21H,3,13-15,17H2,1-2H3/t21-/m0/s1. The molecule has 0 radical (unpaired) electrons. The van der Waals surface area contributed by atoms with Gasteiger partial charge in [0.1, 0.15) is 5.69 Å². The fourth-order valence-corrected chi connectivity index (χ4v) is 4.04. The average Bonchev–Trinajstić information content (AvgIpc) is 3.17. The topological polar surface area (TPSA) is 71.3 Å². The summed E-state index contributed by atoms with van der Waals surface area (Å²) in [5.41, 5.74) is 3.64. The third-order valence-electron chi connectivity index (χ3n) is 5.77. The van der Waals surface area contributed by atoms with Gasteiger partial charge in [0.2, 0.25) is 5.91 Å². The highest BCUT2D eigenvalue weighted by Crippen LogP contribution is 2.22. The van der Waals surface area contributed by atoms with Crippen molar-refractivity contribution in [2.24, 2.45) is 13.0 Å². The van der Waals surface area contributed by atoms with Crippen LogP contribution in [0.15, 0.2) is 61.1 Å². The van der Waals surface area contributed by atoms with Crippen molar-refractivity contribution >= 4 is 11.8 Å². The van der Waals surface area contributed by atoms with Gasteiger partial charge < -0.3 is 9.80 Å². The van der Waals surface area contributed by atoms with Crippen molar-refractivity contribution in [3.05, 3.63) is 72.3 Å². The lowest BCUT2D eigenvalue weighted by molar-refractivity contribution is -0.134. The molecule has 0 bridgehead atoms. The van der Waals surface area contributed by atoms with E-state index in [-0.39, 0.29) is 17.7 Å². The Morgan fingerprint density at radius 2 is 1.90 bits per heavy atom. The van der Waals surface area contributed by atoms with Gasteiger partial charge in [-0.05, 0) is 42.2 Å². The van der Waals surface area contributed by atoms with Crippen LogP contribution in [0.2, 0.25) is 0 Å². The summed E-state index contributed by atoms with van der Waals surface area (Å²) in [6.45, 7) is 4.08. The summed E-state index contributed by atoms with van der Waals surface area (Å²) in [5, 5.41) is 4.24. The molecule has 4 rings (SSSR count). The Bertz CT molecular complexity index is 1050. The van der Waals surface area contributed by atoms with Crippen molar-refractivity contribution in [2.45, 2.75) is 13.3 Å². The highest BCUT2D eigenvalue weighted by atomic mass is 16.2. The van der Waals surface area contributed by atoms with Gasteiger partial charge in [-0.1, -0.05) is 30.3 Å². The van der Waals surface area contributed by atoms with Gasteiger partial charge in [-0.25, -0.2) is 0 Å². The van der Waals surface area contributed by atoms with Crippen molar-refractivity contribution in [3.8, 4) is 11.1 Å². The van der Waals surface area contributed by atoms with Gasteiger partial charge >= 0.3 is 0 Å². The van der Waals surface area contributed by atoms with Crippen LogP contribution in [-0.2, 0) is 18.3 Å². The first-order chi connectivity index (χ1) is 15.0. The molecule has 0 unspecified atom stereocenters. The second-order valence-electron chi connectivity index (χ2n) is 7.88. The summed E-state index contributed by atoms with van der Waals surface area (Å²) in [5.74, 6) is -0.294. The van der Waals surface area contributed by atoms with E-state index in [1.165, 1.54) is 0 Å². The number of pyridine rings is 1. The van der Waals surface area contributed by atoms with Gasteiger partial charge in [0.05, 0.1) is 5.92 Å². The lowest BCUT2D eigenvalue weighted by atomic mass is 9.96. The molecule has 1 saturated heterocycles. The van der Waals surface area contributed by atoms with Crippen LogP contribution in [0.5, 0.6) is 0 Å². The van der Waals surface area contributed by atoms with Crippen LogP contribution >= 0.6 is 0 Å². The van der Waals surface area contributed by atoms with E-state index in [9.17, 15) is 9.59 Å². The number of benzene rings is 1. The first-order valence-corrected chi connectivity index (χ1v) is 10.6. The number of hydrogen-bond acceptors (Lipinski definition) is 4. The zero-order chi connectivity index (χ0) is 21.8. The molecule has 7 heteroatoms. The number of hydrogen-bond donors (Lipinski definition) is 0. The number of carbonyl (C=O) groups excluding carboxylic acids is 2. The molecule has 160 valence electrons. The monoisotopic (exact) mass is 417 g/mol. The van der Waals surface area contributed by atoms with E-state index in [0.29, 0.717) is 38.3 Å². The molecule has 3 aromatic rings. The molecular formula is C24H27N5O2. The third kappa shape index (κ3) is 4.66. The van der Waals surface area contributed by atoms with E-state index in [0.717, 1.165) is 16.7 Å². The number of aromatic nitrogens is 3. The van der Waals surface area contributed by atoms with Crippen LogP contribution in [0.3, 0.4) is 0 Å². The molecule has 1 aromatic carbocycles. The predicted molar refractivity (Wildman–Crippen MR) is 118 cm³/mol. The van der Waals surface area contributed by atoms with Crippen LogP contribution in [0.1, 0.15) is 23.0 Å². The molecule has 31 heavy (non-hydrogen) atoms. The minimum Gasteiger partial charge on any atom is -0.341 e. The minimum absolute atomic E-state index is 0.107. The number of rotatable bonds is 5. The molecule has 1 aliphatic heterocycles. The Kier molecular flexibility index (Phi) is 6.11. The highest BCUT2D eigenvalue weighted by molar-refractivity contribution is 5.93. The fraction of sp³-hybridized carbons (Fsp3) is 0.333. The number of amides is 2. The molecule has 0 aliphatic carbocycles. The maximum atomic E-state index is 13.1. The number of nitrogens with zero attached hydrogens (tertiary/aromatic N) is 5. The lowest BCUT2D eigenvalue weighted by Gasteiger charge is -2.23. The van der Waals surface area contributed by atoms with Crippen LogP contribution in [-0.4, -0.2) is 62.6 Å². The van der Waals surface area contributed by atoms with Crippen LogP contribution in [0, 0.1) is 5.92 Å². The van der Waals surface area contributed by atoms with Crippen molar-refractivity contribution in [3.63, 3.8) is 0 Å². The summed E-state index contributed by atoms with van der Waals surface area (Å²) in [7, 11) is 1.79. The SMILES string of the molecule is CCN1CCN(C(=O)c2ccn(C)n2)C[C@H](Cc2ccc(-c3cccnc3)cc2)C1=O. The molecule has 1 atom stereocenters. The van der Waals surface area contributed by atoms with Gasteiger partial charge in [0.25, 0.3) is 5.91 Å². The molecule has 3 heterocycles. The van der Waals surface area contributed by atoms with E-state index in [1.807, 2.05) is 30.2 Å². The molecule has 7 nitrogen and oxygen atoms in total. The zero-order valence-corrected chi connectivity index (χ0v) is 17.9. The smallest absolute Gasteiger partial charge is 0.274 e. The van der Waals surface area contributed by atoms with Crippen LogP contribution < -0.4 is 0 Å². The van der Waals surface area contributed by atoms with E-state index >= 15 is 0 Å². The van der Waals surface area contributed by atoms with Crippen LogP contribution in [0.25, 0.3) is 11.1 Å². The predicted octanol–water partition coefficient (Wildman–Crippen LogP) is 2.65.